The molecule has 2 rings (SSSR count). The fourth-order valence-electron chi connectivity index (χ4n) is 2.52. The maximum absolute atomic E-state index is 3.35. The van der Waals surface area contributed by atoms with Gasteiger partial charge in [0, 0.05) is 19.6 Å². The van der Waals surface area contributed by atoms with Gasteiger partial charge in [-0.1, -0.05) is 61.0 Å². The van der Waals surface area contributed by atoms with E-state index in [1.165, 1.54) is 22.3 Å². The van der Waals surface area contributed by atoms with Gasteiger partial charge in [0.25, 0.3) is 0 Å². The number of rotatable bonds is 7. The summed E-state index contributed by atoms with van der Waals surface area (Å²) in [6.07, 6.45) is 0. The first kappa shape index (κ1) is 15.7. The Balaban J connectivity index is 1.88. The van der Waals surface area contributed by atoms with Gasteiger partial charge in [-0.2, -0.15) is 0 Å². The van der Waals surface area contributed by atoms with Crippen LogP contribution in [0.4, 0.5) is 0 Å². The molecule has 0 saturated heterocycles. The van der Waals surface area contributed by atoms with E-state index in [-0.39, 0.29) is 0 Å². The molecule has 1 N–H and O–H groups in total. The van der Waals surface area contributed by atoms with Gasteiger partial charge in [0.15, 0.2) is 0 Å². The summed E-state index contributed by atoms with van der Waals surface area (Å²) in [5.74, 6) is 0. The highest BCUT2D eigenvalue weighted by molar-refractivity contribution is 5.24. The van der Waals surface area contributed by atoms with E-state index in [1.807, 2.05) is 0 Å². The van der Waals surface area contributed by atoms with E-state index in [0.29, 0.717) is 0 Å². The second-order valence-corrected chi connectivity index (χ2v) is 5.76. The van der Waals surface area contributed by atoms with E-state index in [2.05, 4.69) is 79.6 Å². The summed E-state index contributed by atoms with van der Waals surface area (Å²) in [5.41, 5.74) is 5.42. The Labute approximate surface area is 128 Å². The number of aryl methyl sites for hydroxylation is 1. The molecule has 0 aliphatic carbocycles. The Morgan fingerprint density at radius 3 is 2.24 bits per heavy atom. The third-order valence-electron chi connectivity index (χ3n) is 3.59. The lowest BCUT2D eigenvalue weighted by molar-refractivity contribution is 0.319. The van der Waals surface area contributed by atoms with Crippen LogP contribution in [0.15, 0.2) is 48.5 Å². The van der Waals surface area contributed by atoms with E-state index < -0.39 is 0 Å². The van der Waals surface area contributed by atoms with Gasteiger partial charge in [0.1, 0.15) is 0 Å². The van der Waals surface area contributed by atoms with Gasteiger partial charge in [-0.3, -0.25) is 4.90 Å². The molecular weight excluding hydrogens is 256 g/mol. The molecule has 2 aromatic carbocycles. The highest BCUT2D eigenvalue weighted by atomic mass is 15.1. The molecule has 0 unspecified atom stereocenters. The molecule has 0 aliphatic heterocycles. The molecule has 112 valence electrons. The summed E-state index contributed by atoms with van der Waals surface area (Å²) in [5, 5.41) is 3.35. The monoisotopic (exact) mass is 282 g/mol. The zero-order valence-electron chi connectivity index (χ0n) is 13.4. The lowest BCUT2D eigenvalue weighted by Crippen LogP contribution is -2.17. The van der Waals surface area contributed by atoms with Crippen molar-refractivity contribution < 1.29 is 0 Å². The van der Waals surface area contributed by atoms with Crippen LogP contribution in [0.25, 0.3) is 0 Å². The minimum atomic E-state index is 0.954. The predicted molar refractivity (Wildman–Crippen MR) is 90.2 cm³/mol. The molecule has 2 aromatic rings. The Kier molecular flexibility index (Phi) is 5.97. The van der Waals surface area contributed by atoms with Crippen LogP contribution in [0, 0.1) is 6.92 Å². The minimum absolute atomic E-state index is 0.954. The first-order valence-corrected chi connectivity index (χ1v) is 7.70. The number of nitrogens with zero attached hydrogens (tertiary/aromatic N) is 1. The summed E-state index contributed by atoms with van der Waals surface area (Å²) in [6, 6.07) is 17.6. The van der Waals surface area contributed by atoms with E-state index in [4.69, 9.17) is 0 Å². The molecule has 0 fully saturated rings. The minimum Gasteiger partial charge on any atom is -0.313 e. The smallest absolute Gasteiger partial charge is 0.0234 e. The van der Waals surface area contributed by atoms with Gasteiger partial charge in [-0.05, 0) is 37.2 Å². The van der Waals surface area contributed by atoms with Crippen LogP contribution in [0.2, 0.25) is 0 Å². The van der Waals surface area contributed by atoms with Crippen LogP contribution in [0.1, 0.15) is 29.2 Å². The highest BCUT2D eigenvalue weighted by Crippen LogP contribution is 2.11. The van der Waals surface area contributed by atoms with Crippen LogP contribution in [-0.4, -0.2) is 18.5 Å². The maximum atomic E-state index is 3.35. The van der Waals surface area contributed by atoms with Gasteiger partial charge in [0.05, 0.1) is 0 Å². The van der Waals surface area contributed by atoms with Crippen molar-refractivity contribution in [2.75, 3.05) is 13.6 Å². The Morgan fingerprint density at radius 1 is 0.905 bits per heavy atom. The van der Waals surface area contributed by atoms with Gasteiger partial charge < -0.3 is 5.32 Å². The van der Waals surface area contributed by atoms with Crippen LogP contribution in [0.3, 0.4) is 0 Å². The first-order valence-electron chi connectivity index (χ1n) is 7.70. The van der Waals surface area contributed by atoms with Crippen LogP contribution < -0.4 is 5.32 Å². The van der Waals surface area contributed by atoms with Crippen molar-refractivity contribution in [3.8, 4) is 0 Å². The SMILES string of the molecule is CCNCc1ccc(CN(C)Cc2cccc(C)c2)cc1. The molecule has 0 aromatic heterocycles. The van der Waals surface area contributed by atoms with Crippen molar-refractivity contribution in [2.45, 2.75) is 33.5 Å². The quantitative estimate of drug-likeness (QED) is 0.832. The van der Waals surface area contributed by atoms with Gasteiger partial charge in [0.2, 0.25) is 0 Å². The van der Waals surface area contributed by atoms with Crippen molar-refractivity contribution in [3.63, 3.8) is 0 Å². The molecule has 0 saturated carbocycles. The lowest BCUT2D eigenvalue weighted by atomic mass is 10.1. The third-order valence-corrected chi connectivity index (χ3v) is 3.59. The molecular formula is C19H26N2. The van der Waals surface area contributed by atoms with Crippen LogP contribution in [0.5, 0.6) is 0 Å². The molecule has 0 radical (unpaired) electrons. The Bertz CT molecular complexity index is 546. The second-order valence-electron chi connectivity index (χ2n) is 5.76. The fraction of sp³-hybridized carbons (Fsp3) is 0.368. The summed E-state index contributed by atoms with van der Waals surface area (Å²) in [6.45, 7) is 8.22. The summed E-state index contributed by atoms with van der Waals surface area (Å²) in [7, 11) is 2.18. The highest BCUT2D eigenvalue weighted by Gasteiger charge is 2.02. The van der Waals surface area contributed by atoms with E-state index in [1.54, 1.807) is 0 Å². The molecule has 0 atom stereocenters. The maximum Gasteiger partial charge on any atom is 0.0234 e. The molecule has 2 heteroatoms. The number of benzene rings is 2. The fourth-order valence-corrected chi connectivity index (χ4v) is 2.52. The lowest BCUT2D eigenvalue weighted by Gasteiger charge is -2.17. The second kappa shape index (κ2) is 7.96. The molecule has 0 heterocycles. The molecule has 0 aliphatic rings. The van der Waals surface area contributed by atoms with Crippen LogP contribution >= 0.6 is 0 Å². The Morgan fingerprint density at radius 2 is 1.57 bits per heavy atom. The molecule has 21 heavy (non-hydrogen) atoms. The van der Waals surface area contributed by atoms with Gasteiger partial charge in [-0.15, -0.1) is 0 Å². The van der Waals surface area contributed by atoms with Crippen molar-refractivity contribution in [2.24, 2.45) is 0 Å². The van der Waals surface area contributed by atoms with Gasteiger partial charge in [-0.25, -0.2) is 0 Å². The number of hydrogen-bond acceptors (Lipinski definition) is 2. The molecule has 2 nitrogen and oxygen atoms in total. The first-order chi connectivity index (χ1) is 10.2. The third kappa shape index (κ3) is 5.33. The standard InChI is InChI=1S/C19H26N2/c1-4-20-13-17-8-10-18(11-9-17)14-21(3)15-19-7-5-6-16(2)12-19/h5-12,20H,4,13-15H2,1-3H3. The van der Waals surface area contributed by atoms with E-state index in [0.717, 1.165) is 26.2 Å². The molecule has 0 spiro atoms. The predicted octanol–water partition coefficient (Wildman–Crippen LogP) is 3.74. The van der Waals surface area contributed by atoms with Crippen molar-refractivity contribution in [1.29, 1.82) is 0 Å². The Hall–Kier alpha value is -1.64. The summed E-state index contributed by atoms with van der Waals surface area (Å²) >= 11 is 0. The molecule has 0 bridgehead atoms. The van der Waals surface area contributed by atoms with Gasteiger partial charge >= 0.3 is 0 Å². The summed E-state index contributed by atoms with van der Waals surface area (Å²) < 4.78 is 0. The number of hydrogen-bond donors (Lipinski definition) is 1. The normalized spacial score (nSPS) is 11.0. The zero-order valence-corrected chi connectivity index (χ0v) is 13.4. The topological polar surface area (TPSA) is 15.3 Å². The number of nitrogens with one attached hydrogen (secondary N) is 1. The average Bonchev–Trinajstić information content (AvgIpc) is 2.46. The van der Waals surface area contributed by atoms with E-state index in [9.17, 15) is 0 Å². The van der Waals surface area contributed by atoms with Crippen molar-refractivity contribution in [3.05, 3.63) is 70.8 Å². The van der Waals surface area contributed by atoms with Crippen molar-refractivity contribution in [1.82, 2.24) is 10.2 Å². The largest absolute Gasteiger partial charge is 0.313 e. The summed E-state index contributed by atoms with van der Waals surface area (Å²) in [4.78, 5) is 2.36. The van der Waals surface area contributed by atoms with E-state index >= 15 is 0 Å². The molecule has 0 amide bonds. The van der Waals surface area contributed by atoms with Crippen LogP contribution in [-0.2, 0) is 19.6 Å². The zero-order chi connectivity index (χ0) is 15.1. The average molecular weight is 282 g/mol. The van der Waals surface area contributed by atoms with Crippen molar-refractivity contribution >= 4 is 0 Å².